The first kappa shape index (κ1) is 14.0. The van der Waals surface area contributed by atoms with Gasteiger partial charge in [-0.2, -0.15) is 0 Å². The zero-order valence-electron chi connectivity index (χ0n) is 11.1. The zero-order chi connectivity index (χ0) is 12.3. The van der Waals surface area contributed by atoms with Gasteiger partial charge in [-0.1, -0.05) is 12.5 Å². The van der Waals surface area contributed by atoms with Crippen LogP contribution in [0.3, 0.4) is 0 Å². The second-order valence-corrected chi connectivity index (χ2v) is 4.68. The zero-order valence-corrected chi connectivity index (χ0v) is 11.1. The Morgan fingerprint density at radius 2 is 1.76 bits per heavy atom. The fraction of sp³-hybridized carbons (Fsp3) is 0.600. The first-order valence-corrected chi connectivity index (χ1v) is 6.73. The average molecular weight is 234 g/mol. The lowest BCUT2D eigenvalue weighted by Crippen LogP contribution is -2.30. The summed E-state index contributed by atoms with van der Waals surface area (Å²) in [5.41, 5.74) is 0. The lowest BCUT2D eigenvalue weighted by Gasteiger charge is -2.25. The summed E-state index contributed by atoms with van der Waals surface area (Å²) in [5, 5.41) is 0. The fourth-order valence-electron chi connectivity index (χ4n) is 2.06. The van der Waals surface area contributed by atoms with Crippen molar-refractivity contribution in [2.75, 3.05) is 19.6 Å². The van der Waals surface area contributed by atoms with Crippen LogP contribution in [0.25, 0.3) is 0 Å². The molecule has 1 fully saturated rings. The van der Waals surface area contributed by atoms with E-state index < -0.39 is 0 Å². The Balaban J connectivity index is 0.000000202. The number of aromatic nitrogens is 1. The van der Waals surface area contributed by atoms with Crippen LogP contribution in [0.2, 0.25) is 0 Å². The largest absolute Gasteiger partial charge is 0.357 e. The van der Waals surface area contributed by atoms with E-state index in [4.69, 9.17) is 0 Å². The van der Waals surface area contributed by atoms with Crippen LogP contribution in [0.1, 0.15) is 32.1 Å². The molecule has 17 heavy (non-hydrogen) atoms. The molecule has 1 aliphatic heterocycles. The van der Waals surface area contributed by atoms with Crippen LogP contribution < -0.4 is 0 Å². The molecule has 0 aliphatic carbocycles. The summed E-state index contributed by atoms with van der Waals surface area (Å²) >= 11 is 0. The Bertz CT molecular complexity index is 271. The summed E-state index contributed by atoms with van der Waals surface area (Å²) in [4.78, 5) is 2.58. The fourth-order valence-corrected chi connectivity index (χ4v) is 2.06. The van der Waals surface area contributed by atoms with Crippen molar-refractivity contribution in [3.8, 4) is 0 Å². The average Bonchev–Trinajstić information content (AvgIpc) is 2.83. The molecule has 0 N–H and O–H groups in total. The summed E-state index contributed by atoms with van der Waals surface area (Å²) in [6, 6.07) is 4.00. The topological polar surface area (TPSA) is 8.17 Å². The molecule has 2 heteroatoms. The molecule has 1 aliphatic rings. The maximum atomic E-state index is 3.72. The van der Waals surface area contributed by atoms with Gasteiger partial charge in [-0.05, 0) is 57.5 Å². The first-order chi connectivity index (χ1) is 8.33. The van der Waals surface area contributed by atoms with Gasteiger partial charge in [0, 0.05) is 19.4 Å². The molecule has 2 heterocycles. The van der Waals surface area contributed by atoms with Crippen molar-refractivity contribution in [2.45, 2.75) is 32.1 Å². The third-order valence-corrected chi connectivity index (χ3v) is 3.08. The molecule has 0 bridgehead atoms. The second-order valence-electron chi connectivity index (χ2n) is 4.68. The standard InChI is InChI=1S/C10H19N.C5H7N/c1-2-3-5-8-11-9-6-4-7-10-11;1-6-4-2-3-5-6/h2H,1,3-10H2;2-5H,1H3. The number of piperidine rings is 1. The SMILES string of the molecule is C=CCCCN1CCCCC1.Cn1cccc1. The Labute approximate surface area is 106 Å². The number of hydrogen-bond donors (Lipinski definition) is 0. The van der Waals surface area contributed by atoms with Crippen LogP contribution in [0.5, 0.6) is 0 Å². The molecule has 96 valence electrons. The molecule has 0 spiro atoms. The van der Waals surface area contributed by atoms with Gasteiger partial charge in [0.05, 0.1) is 0 Å². The summed E-state index contributed by atoms with van der Waals surface area (Å²) < 4.78 is 2.00. The van der Waals surface area contributed by atoms with Crippen molar-refractivity contribution in [1.82, 2.24) is 9.47 Å². The van der Waals surface area contributed by atoms with Crippen molar-refractivity contribution in [2.24, 2.45) is 7.05 Å². The van der Waals surface area contributed by atoms with Crippen LogP contribution in [0, 0.1) is 0 Å². The number of likely N-dealkylation sites (tertiary alicyclic amines) is 1. The van der Waals surface area contributed by atoms with Gasteiger partial charge in [0.2, 0.25) is 0 Å². The smallest absolute Gasteiger partial charge is 0.0106 e. The van der Waals surface area contributed by atoms with Crippen LogP contribution in [0.15, 0.2) is 37.2 Å². The molecular formula is C15H26N2. The van der Waals surface area contributed by atoms with Crippen molar-refractivity contribution >= 4 is 0 Å². The molecule has 0 saturated carbocycles. The van der Waals surface area contributed by atoms with Gasteiger partial charge < -0.3 is 9.47 Å². The first-order valence-electron chi connectivity index (χ1n) is 6.73. The van der Waals surface area contributed by atoms with Crippen LogP contribution in [0.4, 0.5) is 0 Å². The molecule has 1 aromatic heterocycles. The monoisotopic (exact) mass is 234 g/mol. The maximum Gasteiger partial charge on any atom is 0.0106 e. The van der Waals surface area contributed by atoms with Crippen LogP contribution >= 0.6 is 0 Å². The highest BCUT2D eigenvalue weighted by atomic mass is 15.1. The lowest BCUT2D eigenvalue weighted by molar-refractivity contribution is 0.227. The van der Waals surface area contributed by atoms with E-state index in [0.29, 0.717) is 0 Å². The van der Waals surface area contributed by atoms with E-state index in [1.54, 1.807) is 0 Å². The highest BCUT2D eigenvalue weighted by Crippen LogP contribution is 2.09. The number of unbranched alkanes of at least 4 members (excludes halogenated alkanes) is 1. The van der Waals surface area contributed by atoms with E-state index in [1.807, 2.05) is 42.2 Å². The van der Waals surface area contributed by atoms with Crippen molar-refractivity contribution in [3.63, 3.8) is 0 Å². The molecule has 1 saturated heterocycles. The molecule has 0 atom stereocenters. The van der Waals surface area contributed by atoms with Crippen LogP contribution in [-0.2, 0) is 7.05 Å². The Morgan fingerprint density at radius 1 is 1.12 bits per heavy atom. The molecule has 2 nitrogen and oxygen atoms in total. The number of aryl methyl sites for hydroxylation is 1. The van der Waals surface area contributed by atoms with Gasteiger partial charge in [-0.15, -0.1) is 6.58 Å². The lowest BCUT2D eigenvalue weighted by atomic mass is 10.1. The van der Waals surface area contributed by atoms with Gasteiger partial charge in [0.15, 0.2) is 0 Å². The Morgan fingerprint density at radius 3 is 2.24 bits per heavy atom. The van der Waals surface area contributed by atoms with Crippen molar-refractivity contribution in [1.29, 1.82) is 0 Å². The highest BCUT2D eigenvalue weighted by Gasteiger charge is 2.07. The second kappa shape index (κ2) is 9.06. The van der Waals surface area contributed by atoms with E-state index in [2.05, 4.69) is 11.5 Å². The van der Waals surface area contributed by atoms with Crippen molar-refractivity contribution in [3.05, 3.63) is 37.2 Å². The van der Waals surface area contributed by atoms with Gasteiger partial charge in [0.25, 0.3) is 0 Å². The summed E-state index contributed by atoms with van der Waals surface area (Å²) in [6.07, 6.45) is 12.8. The van der Waals surface area contributed by atoms with E-state index in [-0.39, 0.29) is 0 Å². The summed E-state index contributed by atoms with van der Waals surface area (Å²) in [5.74, 6) is 0. The number of nitrogens with zero attached hydrogens (tertiary/aromatic N) is 2. The quantitative estimate of drug-likeness (QED) is 0.572. The highest BCUT2D eigenvalue weighted by molar-refractivity contribution is 4.88. The maximum absolute atomic E-state index is 3.72. The van der Waals surface area contributed by atoms with E-state index in [9.17, 15) is 0 Å². The normalized spacial score (nSPS) is 16.1. The molecular weight excluding hydrogens is 208 g/mol. The molecule has 1 aromatic rings. The summed E-state index contributed by atoms with van der Waals surface area (Å²) in [6.45, 7) is 7.67. The number of allylic oxidation sites excluding steroid dienone is 1. The molecule has 0 amide bonds. The Kier molecular flexibility index (Phi) is 7.48. The minimum absolute atomic E-state index is 1.18. The van der Waals surface area contributed by atoms with Gasteiger partial charge in [-0.25, -0.2) is 0 Å². The Hall–Kier alpha value is -1.02. The van der Waals surface area contributed by atoms with Gasteiger partial charge >= 0.3 is 0 Å². The van der Waals surface area contributed by atoms with Crippen LogP contribution in [-0.4, -0.2) is 29.1 Å². The third kappa shape index (κ3) is 7.01. The minimum atomic E-state index is 1.18. The van der Waals surface area contributed by atoms with E-state index in [1.165, 1.54) is 51.7 Å². The van der Waals surface area contributed by atoms with Crippen molar-refractivity contribution < 1.29 is 0 Å². The third-order valence-electron chi connectivity index (χ3n) is 3.08. The predicted molar refractivity (Wildman–Crippen MR) is 75.1 cm³/mol. The van der Waals surface area contributed by atoms with Gasteiger partial charge in [-0.3, -0.25) is 0 Å². The molecule has 2 rings (SSSR count). The van der Waals surface area contributed by atoms with E-state index >= 15 is 0 Å². The summed E-state index contributed by atoms with van der Waals surface area (Å²) in [7, 11) is 2.00. The number of rotatable bonds is 4. The predicted octanol–water partition coefficient (Wildman–Crippen LogP) is 3.46. The van der Waals surface area contributed by atoms with E-state index in [0.717, 1.165) is 0 Å². The molecule has 0 unspecified atom stereocenters. The molecule has 0 aromatic carbocycles. The number of hydrogen-bond acceptors (Lipinski definition) is 1. The molecule has 0 radical (unpaired) electrons. The minimum Gasteiger partial charge on any atom is -0.357 e. The van der Waals surface area contributed by atoms with Gasteiger partial charge in [0.1, 0.15) is 0 Å².